The lowest BCUT2D eigenvalue weighted by atomic mass is 10.3. The third-order valence-electron chi connectivity index (χ3n) is 1.28. The Morgan fingerprint density at radius 1 is 1.67 bits per heavy atom. The Balaban J connectivity index is 2.94. The first-order valence-corrected chi connectivity index (χ1v) is 3.91. The molecular weight excluding hydrogens is 179 g/mol. The molecule has 0 aromatic carbocycles. The summed E-state index contributed by atoms with van der Waals surface area (Å²) >= 11 is 5.41. The number of nitrogens with two attached hydrogens (primary N) is 1. The average molecular weight is 187 g/mol. The average Bonchev–Trinajstić information content (AvgIpc) is 2.03. The Morgan fingerprint density at radius 2 is 2.42 bits per heavy atom. The molecule has 2 N–H and O–H groups in total. The van der Waals surface area contributed by atoms with Crippen molar-refractivity contribution < 1.29 is 4.39 Å². The second kappa shape index (κ2) is 4.07. The van der Waals surface area contributed by atoms with Crippen LogP contribution in [0.25, 0.3) is 6.08 Å². The lowest BCUT2D eigenvalue weighted by molar-refractivity contribution is 0.622. The highest BCUT2D eigenvalue weighted by Crippen LogP contribution is 2.11. The van der Waals surface area contributed by atoms with Crippen LogP contribution in [0.1, 0.15) is 5.69 Å². The standard InChI is InChI=1S/C8H8ClFN2/c9-3-1-2-8-7(11)4-6(10)5-12-8/h1-2,4-5H,3,11H2. The molecule has 0 aliphatic rings. The number of anilines is 1. The lowest BCUT2D eigenvalue weighted by Gasteiger charge is -1.97. The minimum absolute atomic E-state index is 0.316. The van der Waals surface area contributed by atoms with Crippen molar-refractivity contribution in [2.45, 2.75) is 0 Å². The van der Waals surface area contributed by atoms with Crippen molar-refractivity contribution in [3.8, 4) is 0 Å². The largest absolute Gasteiger partial charge is 0.397 e. The van der Waals surface area contributed by atoms with Gasteiger partial charge in [0, 0.05) is 11.9 Å². The van der Waals surface area contributed by atoms with Crippen molar-refractivity contribution >= 4 is 23.4 Å². The molecule has 0 atom stereocenters. The van der Waals surface area contributed by atoms with E-state index in [0.29, 0.717) is 17.3 Å². The summed E-state index contributed by atoms with van der Waals surface area (Å²) in [4.78, 5) is 3.77. The van der Waals surface area contributed by atoms with Crippen molar-refractivity contribution in [2.24, 2.45) is 0 Å². The predicted molar refractivity (Wildman–Crippen MR) is 48.4 cm³/mol. The number of nitrogens with zero attached hydrogens (tertiary/aromatic N) is 1. The van der Waals surface area contributed by atoms with E-state index in [0.717, 1.165) is 6.20 Å². The molecular formula is C8H8ClFN2. The van der Waals surface area contributed by atoms with Crippen molar-refractivity contribution in [1.82, 2.24) is 4.98 Å². The molecule has 0 amide bonds. The van der Waals surface area contributed by atoms with E-state index < -0.39 is 5.82 Å². The Morgan fingerprint density at radius 3 is 3.00 bits per heavy atom. The van der Waals surface area contributed by atoms with Crippen LogP contribution in [-0.4, -0.2) is 10.9 Å². The summed E-state index contributed by atoms with van der Waals surface area (Å²) in [6.45, 7) is 0. The summed E-state index contributed by atoms with van der Waals surface area (Å²) in [7, 11) is 0. The maximum absolute atomic E-state index is 12.5. The van der Waals surface area contributed by atoms with Crippen LogP contribution in [0.15, 0.2) is 18.3 Å². The topological polar surface area (TPSA) is 38.9 Å². The van der Waals surface area contributed by atoms with E-state index in [1.807, 2.05) is 0 Å². The lowest BCUT2D eigenvalue weighted by Crippen LogP contribution is -1.93. The minimum atomic E-state index is -0.435. The van der Waals surface area contributed by atoms with Gasteiger partial charge in [0.15, 0.2) is 0 Å². The van der Waals surface area contributed by atoms with Crippen molar-refractivity contribution in [3.63, 3.8) is 0 Å². The molecule has 0 spiro atoms. The van der Waals surface area contributed by atoms with Gasteiger partial charge in [-0.3, -0.25) is 4.98 Å². The van der Waals surface area contributed by atoms with Crippen LogP contribution in [0.4, 0.5) is 10.1 Å². The van der Waals surface area contributed by atoms with Gasteiger partial charge in [0.25, 0.3) is 0 Å². The Labute approximate surface area is 74.9 Å². The second-order valence-corrected chi connectivity index (χ2v) is 2.49. The fraction of sp³-hybridized carbons (Fsp3) is 0.125. The zero-order valence-electron chi connectivity index (χ0n) is 6.30. The van der Waals surface area contributed by atoms with Gasteiger partial charge >= 0.3 is 0 Å². The molecule has 0 bridgehead atoms. The number of pyridine rings is 1. The molecule has 1 aromatic heterocycles. The van der Waals surface area contributed by atoms with E-state index in [9.17, 15) is 4.39 Å². The van der Waals surface area contributed by atoms with E-state index >= 15 is 0 Å². The van der Waals surface area contributed by atoms with E-state index in [-0.39, 0.29) is 0 Å². The molecule has 0 aliphatic heterocycles. The maximum atomic E-state index is 12.5. The number of alkyl halides is 1. The number of hydrogen-bond donors (Lipinski definition) is 1. The fourth-order valence-corrected chi connectivity index (χ4v) is 0.850. The number of nitrogen functional groups attached to an aromatic ring is 1. The van der Waals surface area contributed by atoms with Crippen LogP contribution in [0.3, 0.4) is 0 Å². The molecule has 2 nitrogen and oxygen atoms in total. The number of allylic oxidation sites excluding steroid dienone is 1. The van der Waals surface area contributed by atoms with Gasteiger partial charge in [0.05, 0.1) is 17.6 Å². The zero-order chi connectivity index (χ0) is 8.97. The van der Waals surface area contributed by atoms with Crippen LogP contribution in [0.5, 0.6) is 0 Å². The van der Waals surface area contributed by atoms with E-state index in [2.05, 4.69) is 4.98 Å². The molecule has 1 heterocycles. The van der Waals surface area contributed by atoms with E-state index in [1.54, 1.807) is 12.2 Å². The molecule has 4 heteroatoms. The van der Waals surface area contributed by atoms with Crippen molar-refractivity contribution in [3.05, 3.63) is 29.9 Å². The van der Waals surface area contributed by atoms with Crippen LogP contribution in [0, 0.1) is 5.82 Å². The first kappa shape index (κ1) is 9.00. The maximum Gasteiger partial charge on any atom is 0.143 e. The monoisotopic (exact) mass is 186 g/mol. The van der Waals surface area contributed by atoms with Gasteiger partial charge in [0.1, 0.15) is 5.82 Å². The smallest absolute Gasteiger partial charge is 0.143 e. The first-order valence-electron chi connectivity index (χ1n) is 3.37. The number of hydrogen-bond acceptors (Lipinski definition) is 2. The van der Waals surface area contributed by atoms with Gasteiger partial charge in [-0.2, -0.15) is 0 Å². The summed E-state index contributed by atoms with van der Waals surface area (Å²) in [5, 5.41) is 0. The Kier molecular flexibility index (Phi) is 3.05. The van der Waals surface area contributed by atoms with Crippen LogP contribution < -0.4 is 5.73 Å². The van der Waals surface area contributed by atoms with Gasteiger partial charge in [0.2, 0.25) is 0 Å². The second-order valence-electron chi connectivity index (χ2n) is 2.18. The quantitative estimate of drug-likeness (QED) is 0.718. The molecule has 1 rings (SSSR count). The Hall–Kier alpha value is -1.09. The molecule has 0 unspecified atom stereocenters. The van der Waals surface area contributed by atoms with Crippen LogP contribution in [-0.2, 0) is 0 Å². The summed E-state index contributed by atoms with van der Waals surface area (Å²) < 4.78 is 12.5. The molecule has 0 aliphatic carbocycles. The van der Waals surface area contributed by atoms with Gasteiger partial charge in [-0.1, -0.05) is 6.08 Å². The summed E-state index contributed by atoms with van der Waals surface area (Å²) in [5.41, 5.74) is 6.32. The predicted octanol–water partition coefficient (Wildman–Crippen LogP) is 2.05. The number of aromatic nitrogens is 1. The first-order chi connectivity index (χ1) is 5.74. The summed E-state index contributed by atoms with van der Waals surface area (Å²) in [5.74, 6) is -0.0473. The molecule has 0 saturated heterocycles. The summed E-state index contributed by atoms with van der Waals surface area (Å²) in [6.07, 6.45) is 4.46. The molecule has 0 radical (unpaired) electrons. The molecule has 0 saturated carbocycles. The number of rotatable bonds is 2. The van der Waals surface area contributed by atoms with Crippen molar-refractivity contribution in [1.29, 1.82) is 0 Å². The highest BCUT2D eigenvalue weighted by atomic mass is 35.5. The minimum Gasteiger partial charge on any atom is -0.397 e. The molecule has 1 aromatic rings. The number of halogens is 2. The Bertz CT molecular complexity index is 299. The zero-order valence-corrected chi connectivity index (χ0v) is 7.05. The van der Waals surface area contributed by atoms with E-state index in [1.165, 1.54) is 6.07 Å². The highest BCUT2D eigenvalue weighted by molar-refractivity contribution is 6.19. The third kappa shape index (κ3) is 2.20. The fourth-order valence-electron chi connectivity index (χ4n) is 0.761. The molecule has 0 fully saturated rings. The van der Waals surface area contributed by atoms with Crippen LogP contribution in [0.2, 0.25) is 0 Å². The molecule has 64 valence electrons. The third-order valence-corrected chi connectivity index (χ3v) is 1.46. The van der Waals surface area contributed by atoms with E-state index in [4.69, 9.17) is 17.3 Å². The summed E-state index contributed by atoms with van der Waals surface area (Å²) in [6, 6.07) is 1.22. The van der Waals surface area contributed by atoms with Gasteiger partial charge < -0.3 is 5.73 Å². The highest BCUT2D eigenvalue weighted by Gasteiger charge is 1.97. The van der Waals surface area contributed by atoms with Crippen molar-refractivity contribution in [2.75, 3.05) is 11.6 Å². The van der Waals surface area contributed by atoms with Crippen LogP contribution >= 0.6 is 11.6 Å². The SMILES string of the molecule is Nc1cc(F)cnc1C=CCCl. The van der Waals surface area contributed by atoms with Gasteiger partial charge in [-0.15, -0.1) is 11.6 Å². The normalized spacial score (nSPS) is 10.8. The van der Waals surface area contributed by atoms with Gasteiger partial charge in [-0.25, -0.2) is 4.39 Å². The van der Waals surface area contributed by atoms with Gasteiger partial charge in [-0.05, 0) is 6.08 Å². The molecule has 12 heavy (non-hydrogen) atoms.